The van der Waals surface area contributed by atoms with E-state index >= 15 is 0 Å². The highest BCUT2D eigenvalue weighted by molar-refractivity contribution is 5.83. The van der Waals surface area contributed by atoms with Crippen LogP contribution in [0.4, 0.5) is 4.39 Å². The molecule has 1 aliphatic heterocycles. The number of pyridine rings is 1. The van der Waals surface area contributed by atoms with Gasteiger partial charge >= 0.3 is 5.63 Å². The van der Waals surface area contributed by atoms with Crippen LogP contribution in [0.15, 0.2) is 82.1 Å². The first kappa shape index (κ1) is 24.2. The molecule has 7 heteroatoms. The Hall–Kier alpha value is -3.55. The molecule has 1 aliphatic rings. The lowest BCUT2D eigenvalue weighted by molar-refractivity contribution is 0.180. The van der Waals surface area contributed by atoms with Gasteiger partial charge in [0.05, 0.1) is 6.61 Å². The molecule has 0 saturated carbocycles. The number of rotatable bonds is 9. The predicted octanol–water partition coefficient (Wildman–Crippen LogP) is 5.02. The summed E-state index contributed by atoms with van der Waals surface area (Å²) in [5.41, 5.74) is 2.82. The van der Waals surface area contributed by atoms with Gasteiger partial charge in [-0.1, -0.05) is 42.5 Å². The molecule has 0 radical (unpaired) electrons. The smallest absolute Gasteiger partial charge is 0.379 e. The van der Waals surface area contributed by atoms with Crippen LogP contribution in [0.25, 0.3) is 22.1 Å². The zero-order chi connectivity index (χ0) is 24.7. The van der Waals surface area contributed by atoms with E-state index in [0.29, 0.717) is 18.2 Å². The number of aromatic nitrogens is 1. The summed E-state index contributed by atoms with van der Waals surface area (Å²) >= 11 is 0. The van der Waals surface area contributed by atoms with Crippen LogP contribution in [0.1, 0.15) is 24.8 Å². The maximum absolute atomic E-state index is 13.1. The SMILES string of the molecule is O=c1oc2cc(-c3ccc(F)nc3)ccc2cc1OCCCN1CCC(NCc2ccccc2)CC1. The van der Waals surface area contributed by atoms with Crippen molar-refractivity contribution < 1.29 is 13.5 Å². The van der Waals surface area contributed by atoms with Crippen molar-refractivity contribution >= 4 is 11.0 Å². The van der Waals surface area contributed by atoms with Crippen molar-refractivity contribution in [2.75, 3.05) is 26.2 Å². The number of hydrogen-bond donors (Lipinski definition) is 1. The molecule has 2 aromatic carbocycles. The lowest BCUT2D eigenvalue weighted by Gasteiger charge is -2.32. The molecule has 4 aromatic rings. The first-order chi connectivity index (χ1) is 17.6. The van der Waals surface area contributed by atoms with Gasteiger partial charge in [-0.2, -0.15) is 4.39 Å². The Balaban J connectivity index is 1.08. The molecule has 1 saturated heterocycles. The molecule has 0 bridgehead atoms. The monoisotopic (exact) mass is 487 g/mol. The minimum atomic E-state index is -0.534. The summed E-state index contributed by atoms with van der Waals surface area (Å²) in [6.45, 7) is 4.45. The van der Waals surface area contributed by atoms with Gasteiger partial charge in [-0.05, 0) is 67.7 Å². The van der Waals surface area contributed by atoms with Crippen molar-refractivity contribution in [2.24, 2.45) is 0 Å². The standard InChI is InChI=1S/C29H30FN3O3/c30-28-10-9-24(20-32-28)22-7-8-23-18-27(29(34)36-26(23)17-22)35-16-4-13-33-14-11-25(12-15-33)31-19-21-5-2-1-3-6-21/h1-3,5-10,17-18,20,25,31H,4,11-16,19H2. The maximum atomic E-state index is 13.1. The quantitative estimate of drug-likeness (QED) is 0.203. The molecule has 0 atom stereocenters. The van der Waals surface area contributed by atoms with E-state index in [4.69, 9.17) is 9.15 Å². The van der Waals surface area contributed by atoms with E-state index < -0.39 is 11.6 Å². The number of fused-ring (bicyclic) bond motifs is 1. The third kappa shape index (κ3) is 6.17. The first-order valence-electron chi connectivity index (χ1n) is 12.5. The van der Waals surface area contributed by atoms with E-state index in [9.17, 15) is 9.18 Å². The van der Waals surface area contributed by atoms with Crippen molar-refractivity contribution in [1.29, 1.82) is 0 Å². The van der Waals surface area contributed by atoms with Gasteiger partial charge in [-0.15, -0.1) is 0 Å². The van der Waals surface area contributed by atoms with Gasteiger partial charge in [0.15, 0.2) is 0 Å². The van der Waals surface area contributed by atoms with Crippen molar-refractivity contribution in [3.05, 3.63) is 94.9 Å². The van der Waals surface area contributed by atoms with Crippen LogP contribution in [0.5, 0.6) is 5.75 Å². The number of nitrogens with one attached hydrogen (secondary N) is 1. The fraction of sp³-hybridized carbons (Fsp3) is 0.310. The number of hydrogen-bond acceptors (Lipinski definition) is 6. The Morgan fingerprint density at radius 3 is 2.61 bits per heavy atom. The molecular weight excluding hydrogens is 457 g/mol. The minimum Gasteiger partial charge on any atom is -0.486 e. The van der Waals surface area contributed by atoms with Gasteiger partial charge in [-0.3, -0.25) is 0 Å². The second kappa shape index (κ2) is 11.5. The minimum absolute atomic E-state index is 0.225. The molecule has 0 unspecified atom stereocenters. The van der Waals surface area contributed by atoms with Gasteiger partial charge in [-0.25, -0.2) is 9.78 Å². The third-order valence-electron chi connectivity index (χ3n) is 6.67. The third-order valence-corrected chi connectivity index (χ3v) is 6.67. The van der Waals surface area contributed by atoms with Crippen molar-refractivity contribution in [3.8, 4) is 16.9 Å². The number of benzene rings is 2. The molecule has 186 valence electrons. The molecule has 5 rings (SSSR count). The lowest BCUT2D eigenvalue weighted by atomic mass is 10.0. The first-order valence-corrected chi connectivity index (χ1v) is 12.5. The van der Waals surface area contributed by atoms with Gasteiger partial charge in [0, 0.05) is 36.3 Å². The molecule has 0 spiro atoms. The number of ether oxygens (including phenoxy) is 1. The van der Waals surface area contributed by atoms with Crippen molar-refractivity contribution in [2.45, 2.75) is 31.8 Å². The fourth-order valence-corrected chi connectivity index (χ4v) is 4.61. The van der Waals surface area contributed by atoms with Gasteiger partial charge < -0.3 is 19.4 Å². The van der Waals surface area contributed by atoms with Crippen LogP contribution in [0, 0.1) is 5.95 Å². The van der Waals surface area contributed by atoms with Crippen LogP contribution in [-0.2, 0) is 6.54 Å². The summed E-state index contributed by atoms with van der Waals surface area (Å²) in [5.74, 6) is -0.310. The molecule has 0 amide bonds. The Kier molecular flexibility index (Phi) is 7.69. The molecule has 1 fully saturated rings. The lowest BCUT2D eigenvalue weighted by Crippen LogP contribution is -2.42. The normalized spacial score (nSPS) is 14.8. The fourth-order valence-electron chi connectivity index (χ4n) is 4.61. The van der Waals surface area contributed by atoms with E-state index in [1.54, 1.807) is 18.2 Å². The van der Waals surface area contributed by atoms with Crippen LogP contribution in [0.3, 0.4) is 0 Å². The van der Waals surface area contributed by atoms with Crippen molar-refractivity contribution in [3.63, 3.8) is 0 Å². The average Bonchev–Trinajstić information content (AvgIpc) is 2.91. The van der Waals surface area contributed by atoms with Crippen LogP contribution in [0.2, 0.25) is 0 Å². The Morgan fingerprint density at radius 2 is 1.83 bits per heavy atom. The molecule has 36 heavy (non-hydrogen) atoms. The molecule has 0 aliphatic carbocycles. The zero-order valence-corrected chi connectivity index (χ0v) is 20.2. The van der Waals surface area contributed by atoms with Gasteiger partial charge in [0.1, 0.15) is 5.58 Å². The second-order valence-electron chi connectivity index (χ2n) is 9.20. The Bertz CT molecular complexity index is 1330. The summed E-state index contributed by atoms with van der Waals surface area (Å²) < 4.78 is 24.4. The van der Waals surface area contributed by atoms with E-state index in [0.717, 1.165) is 62.0 Å². The number of piperidine rings is 1. The predicted molar refractivity (Wildman–Crippen MR) is 139 cm³/mol. The van der Waals surface area contributed by atoms with Crippen LogP contribution >= 0.6 is 0 Å². The highest BCUT2D eigenvalue weighted by Gasteiger charge is 2.18. The summed E-state index contributed by atoms with van der Waals surface area (Å²) in [4.78, 5) is 18.6. The van der Waals surface area contributed by atoms with E-state index in [1.165, 1.54) is 17.8 Å². The van der Waals surface area contributed by atoms with Gasteiger partial charge in [0.25, 0.3) is 0 Å². The molecule has 2 aromatic heterocycles. The summed E-state index contributed by atoms with van der Waals surface area (Å²) in [7, 11) is 0. The van der Waals surface area contributed by atoms with Crippen LogP contribution < -0.4 is 15.7 Å². The average molecular weight is 488 g/mol. The summed E-state index contributed by atoms with van der Waals surface area (Å²) in [5, 5.41) is 4.44. The van der Waals surface area contributed by atoms with Crippen LogP contribution in [-0.4, -0.2) is 42.2 Å². The van der Waals surface area contributed by atoms with E-state index in [-0.39, 0.29) is 5.75 Å². The largest absolute Gasteiger partial charge is 0.486 e. The number of nitrogens with zero attached hydrogens (tertiary/aromatic N) is 2. The topological polar surface area (TPSA) is 67.6 Å². The van der Waals surface area contributed by atoms with E-state index in [1.807, 2.05) is 18.2 Å². The Labute approximate surface area is 209 Å². The van der Waals surface area contributed by atoms with E-state index in [2.05, 4.69) is 39.5 Å². The Morgan fingerprint density at radius 1 is 1.03 bits per heavy atom. The number of likely N-dealkylation sites (tertiary alicyclic amines) is 1. The highest BCUT2D eigenvalue weighted by Crippen LogP contribution is 2.25. The molecular formula is C29H30FN3O3. The molecule has 3 heterocycles. The van der Waals surface area contributed by atoms with Crippen molar-refractivity contribution in [1.82, 2.24) is 15.2 Å². The molecule has 1 N–H and O–H groups in total. The number of halogens is 1. The summed E-state index contributed by atoms with van der Waals surface area (Å²) in [6.07, 6.45) is 4.57. The highest BCUT2D eigenvalue weighted by atomic mass is 19.1. The summed E-state index contributed by atoms with van der Waals surface area (Å²) in [6, 6.07) is 21.2. The maximum Gasteiger partial charge on any atom is 0.379 e. The second-order valence-corrected chi connectivity index (χ2v) is 9.20. The van der Waals surface area contributed by atoms with Gasteiger partial charge in [0.2, 0.25) is 11.7 Å². The molecule has 6 nitrogen and oxygen atoms in total. The zero-order valence-electron chi connectivity index (χ0n) is 20.2.